The number of nitrogens with one attached hydrogen (secondary N) is 1. The number of methoxy groups -OCH3 is 1. The van der Waals surface area contributed by atoms with Gasteiger partial charge in [-0.3, -0.25) is 9.48 Å². The number of rotatable bonds is 7. The van der Waals surface area contributed by atoms with Gasteiger partial charge in [-0.1, -0.05) is 6.07 Å². The molecule has 2 heterocycles. The number of amides is 1. The molecule has 3 N–H and O–H groups in total. The molecule has 0 fully saturated rings. The molecule has 1 atom stereocenters. The predicted molar refractivity (Wildman–Crippen MR) is 138 cm³/mol. The van der Waals surface area contributed by atoms with Gasteiger partial charge < -0.3 is 20.7 Å². The summed E-state index contributed by atoms with van der Waals surface area (Å²) in [6.45, 7) is 6.14. The number of carbonyl (C=O) groups is 1. The van der Waals surface area contributed by atoms with E-state index < -0.39 is 0 Å². The second kappa shape index (κ2) is 9.61. The van der Waals surface area contributed by atoms with Gasteiger partial charge in [-0.2, -0.15) is 5.10 Å². The van der Waals surface area contributed by atoms with Gasteiger partial charge in [-0.05, 0) is 50.1 Å². The summed E-state index contributed by atoms with van der Waals surface area (Å²) in [7, 11) is 5.07. The number of aromatic nitrogens is 4. The third-order valence-electron chi connectivity index (χ3n) is 5.84. The van der Waals surface area contributed by atoms with Crippen LogP contribution in [0.1, 0.15) is 29.9 Å². The number of nitrogens with two attached hydrogens (primary N) is 1. The minimum Gasteiger partial charge on any atom is -0.496 e. The maximum atomic E-state index is 12.1. The predicted octanol–water partition coefficient (Wildman–Crippen LogP) is 3.96. The van der Waals surface area contributed by atoms with Gasteiger partial charge in [0.1, 0.15) is 23.9 Å². The molecule has 2 aromatic carbocycles. The van der Waals surface area contributed by atoms with E-state index >= 15 is 0 Å². The van der Waals surface area contributed by atoms with Crippen LogP contribution in [-0.2, 0) is 11.3 Å². The van der Waals surface area contributed by atoms with Crippen molar-refractivity contribution in [2.24, 2.45) is 0 Å². The Morgan fingerprint density at radius 1 is 1.17 bits per heavy atom. The van der Waals surface area contributed by atoms with E-state index in [2.05, 4.69) is 28.4 Å². The van der Waals surface area contributed by atoms with Crippen molar-refractivity contribution in [1.29, 1.82) is 0 Å². The highest BCUT2D eigenvalue weighted by molar-refractivity contribution is 5.95. The third-order valence-corrected chi connectivity index (χ3v) is 5.84. The van der Waals surface area contributed by atoms with Gasteiger partial charge in [0.25, 0.3) is 0 Å². The SMILES string of the molecule is COc1cc2nc(C)nc(N[C@H](C)c3cc(C)cc(N)c3)c2cc1-c1cnn(CC(=O)N(C)C)c1. The Hall–Kier alpha value is -4.14. The lowest BCUT2D eigenvalue weighted by atomic mass is 10.0. The molecule has 0 unspecified atom stereocenters. The first-order valence-electron chi connectivity index (χ1n) is 11.4. The Morgan fingerprint density at radius 3 is 2.63 bits per heavy atom. The van der Waals surface area contributed by atoms with Crippen LogP contribution in [0.25, 0.3) is 22.0 Å². The van der Waals surface area contributed by atoms with E-state index in [1.54, 1.807) is 37.0 Å². The highest BCUT2D eigenvalue weighted by Crippen LogP contribution is 2.36. The number of likely N-dealkylation sites (N-methyl/N-ethyl adjacent to an activating group) is 1. The second-order valence-corrected chi connectivity index (χ2v) is 8.95. The van der Waals surface area contributed by atoms with Gasteiger partial charge >= 0.3 is 0 Å². The fourth-order valence-electron chi connectivity index (χ4n) is 4.03. The molecule has 182 valence electrons. The van der Waals surface area contributed by atoms with Crippen molar-refractivity contribution >= 4 is 28.3 Å². The number of hydrogen-bond acceptors (Lipinski definition) is 7. The summed E-state index contributed by atoms with van der Waals surface area (Å²) in [5, 5.41) is 8.76. The summed E-state index contributed by atoms with van der Waals surface area (Å²) < 4.78 is 7.31. The van der Waals surface area contributed by atoms with Gasteiger partial charge in [-0.25, -0.2) is 9.97 Å². The van der Waals surface area contributed by atoms with Crippen molar-refractivity contribution < 1.29 is 9.53 Å². The topological polar surface area (TPSA) is 111 Å². The van der Waals surface area contributed by atoms with Crippen LogP contribution in [0.4, 0.5) is 11.5 Å². The van der Waals surface area contributed by atoms with Gasteiger partial charge in [0, 0.05) is 48.6 Å². The van der Waals surface area contributed by atoms with Gasteiger partial charge in [0.05, 0.1) is 24.9 Å². The summed E-state index contributed by atoms with van der Waals surface area (Å²) in [5.74, 6) is 2.01. The lowest BCUT2D eigenvalue weighted by Gasteiger charge is -2.19. The van der Waals surface area contributed by atoms with E-state index in [0.29, 0.717) is 11.6 Å². The number of hydrogen-bond donors (Lipinski definition) is 2. The Bertz CT molecular complexity index is 1370. The Labute approximate surface area is 204 Å². The third kappa shape index (κ3) is 5.18. The number of aryl methyl sites for hydroxylation is 2. The molecule has 0 spiro atoms. The van der Waals surface area contributed by atoms with E-state index in [9.17, 15) is 4.79 Å². The summed E-state index contributed by atoms with van der Waals surface area (Å²) in [4.78, 5) is 23.0. The molecule has 9 heteroatoms. The second-order valence-electron chi connectivity index (χ2n) is 8.95. The van der Waals surface area contributed by atoms with Crippen molar-refractivity contribution in [1.82, 2.24) is 24.6 Å². The molecule has 4 aromatic rings. The van der Waals surface area contributed by atoms with Crippen LogP contribution in [0.3, 0.4) is 0 Å². The van der Waals surface area contributed by atoms with Crippen molar-refractivity contribution in [2.75, 3.05) is 32.3 Å². The van der Waals surface area contributed by atoms with Gasteiger partial charge in [0.2, 0.25) is 5.91 Å². The van der Waals surface area contributed by atoms with Gasteiger partial charge in [-0.15, -0.1) is 0 Å². The first kappa shape index (κ1) is 24.0. The number of fused-ring (bicyclic) bond motifs is 1. The molecular formula is C26H31N7O2. The molecule has 0 saturated carbocycles. The van der Waals surface area contributed by atoms with Crippen LogP contribution in [0.5, 0.6) is 5.75 Å². The monoisotopic (exact) mass is 473 g/mol. The van der Waals surface area contributed by atoms with Crippen LogP contribution in [-0.4, -0.2) is 51.8 Å². The molecular weight excluding hydrogens is 442 g/mol. The zero-order valence-corrected chi connectivity index (χ0v) is 21.0. The van der Waals surface area contributed by atoms with Crippen molar-refractivity contribution in [2.45, 2.75) is 33.4 Å². The molecule has 0 radical (unpaired) electrons. The van der Waals surface area contributed by atoms with E-state index in [0.717, 1.165) is 44.7 Å². The van der Waals surface area contributed by atoms with Crippen LogP contribution < -0.4 is 15.8 Å². The number of nitrogens with zero attached hydrogens (tertiary/aromatic N) is 5. The van der Waals surface area contributed by atoms with Crippen molar-refractivity contribution in [3.8, 4) is 16.9 Å². The first-order chi connectivity index (χ1) is 16.6. The van der Waals surface area contributed by atoms with E-state index in [-0.39, 0.29) is 18.5 Å². The first-order valence-corrected chi connectivity index (χ1v) is 11.4. The Balaban J connectivity index is 1.75. The highest BCUT2D eigenvalue weighted by Gasteiger charge is 2.17. The minimum atomic E-state index is -0.0359. The van der Waals surface area contributed by atoms with Gasteiger partial charge in [0.15, 0.2) is 0 Å². The van der Waals surface area contributed by atoms with Crippen LogP contribution in [0.15, 0.2) is 42.7 Å². The lowest BCUT2D eigenvalue weighted by Crippen LogP contribution is -2.26. The van der Waals surface area contributed by atoms with Crippen molar-refractivity contribution in [3.05, 3.63) is 59.7 Å². The quantitative estimate of drug-likeness (QED) is 0.391. The molecule has 1 amide bonds. The summed E-state index contributed by atoms with van der Waals surface area (Å²) >= 11 is 0. The normalized spacial score (nSPS) is 11.9. The number of anilines is 2. The smallest absolute Gasteiger partial charge is 0.243 e. The van der Waals surface area contributed by atoms with Crippen LogP contribution >= 0.6 is 0 Å². The Kier molecular flexibility index (Phi) is 6.59. The molecule has 0 aliphatic carbocycles. The number of carbonyl (C=O) groups excluding carboxylic acids is 1. The lowest BCUT2D eigenvalue weighted by molar-refractivity contribution is -0.129. The fourth-order valence-corrected chi connectivity index (χ4v) is 4.03. The highest BCUT2D eigenvalue weighted by atomic mass is 16.5. The minimum absolute atomic E-state index is 0.0277. The standard InChI is InChI=1S/C26H31N7O2/c1-15-7-18(9-20(27)8-15)16(2)29-26-22-10-21(24(35-6)11-23(22)30-17(3)31-26)19-12-28-33(13-19)14-25(34)32(4)5/h7-13,16H,14,27H2,1-6H3,(H,29,30,31)/t16-/m1/s1. The zero-order valence-electron chi connectivity index (χ0n) is 21.0. The molecule has 0 aliphatic rings. The maximum Gasteiger partial charge on any atom is 0.243 e. The summed E-state index contributed by atoms with van der Waals surface area (Å²) in [6, 6.07) is 9.91. The zero-order chi connectivity index (χ0) is 25.3. The maximum absolute atomic E-state index is 12.1. The molecule has 35 heavy (non-hydrogen) atoms. The van der Waals surface area contributed by atoms with Crippen LogP contribution in [0, 0.1) is 13.8 Å². The average Bonchev–Trinajstić information content (AvgIpc) is 3.25. The van der Waals surface area contributed by atoms with Crippen molar-refractivity contribution in [3.63, 3.8) is 0 Å². The van der Waals surface area contributed by atoms with Crippen LogP contribution in [0.2, 0.25) is 0 Å². The summed E-state index contributed by atoms with van der Waals surface area (Å²) in [5.41, 5.74) is 11.4. The Morgan fingerprint density at radius 2 is 1.94 bits per heavy atom. The summed E-state index contributed by atoms with van der Waals surface area (Å²) in [6.07, 6.45) is 3.57. The molecule has 0 aliphatic heterocycles. The number of nitrogen functional groups attached to an aromatic ring is 1. The van der Waals surface area contributed by atoms with E-state index in [1.165, 1.54) is 0 Å². The average molecular weight is 474 g/mol. The number of ether oxygens (including phenoxy) is 1. The molecule has 9 nitrogen and oxygen atoms in total. The molecule has 4 rings (SSSR count). The fraction of sp³-hybridized carbons (Fsp3) is 0.308. The van der Waals surface area contributed by atoms with E-state index in [1.807, 2.05) is 44.3 Å². The van der Waals surface area contributed by atoms with E-state index in [4.69, 9.17) is 15.5 Å². The largest absolute Gasteiger partial charge is 0.496 e. The number of benzene rings is 2. The molecule has 0 saturated heterocycles. The molecule has 2 aromatic heterocycles. The molecule has 0 bridgehead atoms.